The van der Waals surface area contributed by atoms with Gasteiger partial charge < -0.3 is 10.6 Å². The van der Waals surface area contributed by atoms with Gasteiger partial charge in [0, 0.05) is 37.1 Å². The summed E-state index contributed by atoms with van der Waals surface area (Å²) in [6.45, 7) is 2.80. The van der Waals surface area contributed by atoms with Crippen LogP contribution in [0, 0.1) is 5.82 Å². The molecule has 0 aliphatic carbocycles. The molecule has 1 aromatic heterocycles. The summed E-state index contributed by atoms with van der Waals surface area (Å²) >= 11 is 0. The second-order valence-corrected chi connectivity index (χ2v) is 5.64. The molecule has 0 unspecified atom stereocenters. The average molecular weight is 302 g/mol. The number of nitrogens with one attached hydrogen (secondary N) is 2. The number of nitrogens with zero attached hydrogens (tertiary/aromatic N) is 2. The molecule has 2 heterocycles. The van der Waals surface area contributed by atoms with E-state index in [9.17, 15) is 9.18 Å². The van der Waals surface area contributed by atoms with Crippen molar-refractivity contribution in [1.82, 2.24) is 9.78 Å². The highest BCUT2D eigenvalue weighted by Crippen LogP contribution is 2.29. The number of amides is 1. The molecule has 1 aliphatic rings. The SMILES string of the molecule is C[C@@H](CCn1cccn1)Nc1cc2c(cc1F)NC(=O)CC2. The first kappa shape index (κ1) is 14.6. The highest BCUT2D eigenvalue weighted by atomic mass is 19.1. The molecule has 22 heavy (non-hydrogen) atoms. The van der Waals surface area contributed by atoms with Crippen molar-refractivity contribution < 1.29 is 9.18 Å². The van der Waals surface area contributed by atoms with Crippen molar-refractivity contribution in [3.8, 4) is 0 Å². The van der Waals surface area contributed by atoms with E-state index in [1.165, 1.54) is 6.07 Å². The summed E-state index contributed by atoms with van der Waals surface area (Å²) in [7, 11) is 0. The van der Waals surface area contributed by atoms with Gasteiger partial charge in [0.15, 0.2) is 0 Å². The zero-order valence-corrected chi connectivity index (χ0v) is 12.5. The van der Waals surface area contributed by atoms with E-state index in [-0.39, 0.29) is 17.8 Å². The Kier molecular flexibility index (Phi) is 4.09. The lowest BCUT2D eigenvalue weighted by Crippen LogP contribution is -2.21. The Balaban J connectivity index is 1.65. The van der Waals surface area contributed by atoms with Crippen LogP contribution in [0.1, 0.15) is 25.3 Å². The van der Waals surface area contributed by atoms with E-state index in [1.807, 2.05) is 23.9 Å². The number of rotatable bonds is 5. The van der Waals surface area contributed by atoms with Crippen molar-refractivity contribution in [2.24, 2.45) is 0 Å². The summed E-state index contributed by atoms with van der Waals surface area (Å²) in [5, 5.41) is 10.1. The van der Waals surface area contributed by atoms with Crippen molar-refractivity contribution in [1.29, 1.82) is 0 Å². The number of halogens is 1. The predicted octanol–water partition coefficient (Wildman–Crippen LogP) is 2.80. The molecule has 0 radical (unpaired) electrons. The molecule has 1 amide bonds. The van der Waals surface area contributed by atoms with Crippen LogP contribution in [0.25, 0.3) is 0 Å². The third-order valence-corrected chi connectivity index (χ3v) is 3.84. The van der Waals surface area contributed by atoms with E-state index in [0.29, 0.717) is 24.2 Å². The van der Waals surface area contributed by atoms with Crippen LogP contribution in [0.3, 0.4) is 0 Å². The minimum atomic E-state index is -0.341. The average Bonchev–Trinajstić information content (AvgIpc) is 2.99. The fourth-order valence-electron chi connectivity index (χ4n) is 2.61. The molecule has 5 nitrogen and oxygen atoms in total. The molecule has 0 saturated carbocycles. The van der Waals surface area contributed by atoms with Gasteiger partial charge in [-0.3, -0.25) is 9.48 Å². The second kappa shape index (κ2) is 6.17. The van der Waals surface area contributed by atoms with Gasteiger partial charge in [0.05, 0.1) is 5.69 Å². The number of hydrogen-bond donors (Lipinski definition) is 2. The summed E-state index contributed by atoms with van der Waals surface area (Å²) in [6.07, 6.45) is 5.60. The van der Waals surface area contributed by atoms with Gasteiger partial charge in [-0.15, -0.1) is 0 Å². The first-order valence-electron chi connectivity index (χ1n) is 7.48. The Morgan fingerprint density at radius 1 is 1.45 bits per heavy atom. The number of aromatic nitrogens is 2. The summed E-state index contributed by atoms with van der Waals surface area (Å²) in [5.41, 5.74) is 2.05. The first-order valence-corrected chi connectivity index (χ1v) is 7.48. The van der Waals surface area contributed by atoms with Gasteiger partial charge in [-0.05, 0) is 43.5 Å². The lowest BCUT2D eigenvalue weighted by molar-refractivity contribution is -0.116. The lowest BCUT2D eigenvalue weighted by atomic mass is 10.0. The minimum Gasteiger partial charge on any atom is -0.380 e. The maximum Gasteiger partial charge on any atom is 0.224 e. The molecule has 3 rings (SSSR count). The van der Waals surface area contributed by atoms with Crippen LogP contribution in [0.2, 0.25) is 0 Å². The molecule has 116 valence electrons. The summed E-state index contributed by atoms with van der Waals surface area (Å²) in [6, 6.07) is 5.20. The number of anilines is 2. The number of benzene rings is 1. The van der Waals surface area contributed by atoms with E-state index in [4.69, 9.17) is 0 Å². The highest BCUT2D eigenvalue weighted by Gasteiger charge is 2.18. The van der Waals surface area contributed by atoms with Gasteiger partial charge in [0.1, 0.15) is 5.82 Å². The zero-order chi connectivity index (χ0) is 15.5. The van der Waals surface area contributed by atoms with E-state index >= 15 is 0 Å². The van der Waals surface area contributed by atoms with E-state index < -0.39 is 0 Å². The molecule has 2 aromatic rings. The lowest BCUT2D eigenvalue weighted by Gasteiger charge is -2.21. The standard InChI is InChI=1S/C16H19FN4O/c1-11(5-8-21-7-2-6-18-21)19-15-9-12-3-4-16(22)20-14(12)10-13(15)17/h2,6-7,9-11,19H,3-5,8H2,1H3,(H,20,22)/t11-/m0/s1. The number of carbonyl (C=O) groups is 1. The molecule has 1 aromatic carbocycles. The van der Waals surface area contributed by atoms with Gasteiger partial charge in [0.2, 0.25) is 5.91 Å². The van der Waals surface area contributed by atoms with Crippen LogP contribution < -0.4 is 10.6 Å². The van der Waals surface area contributed by atoms with Gasteiger partial charge >= 0.3 is 0 Å². The number of carbonyl (C=O) groups excluding carboxylic acids is 1. The fraction of sp³-hybridized carbons (Fsp3) is 0.375. The Morgan fingerprint density at radius 2 is 2.32 bits per heavy atom. The van der Waals surface area contributed by atoms with Crippen LogP contribution in [-0.2, 0) is 17.8 Å². The monoisotopic (exact) mass is 302 g/mol. The molecule has 0 spiro atoms. The smallest absolute Gasteiger partial charge is 0.224 e. The van der Waals surface area contributed by atoms with Crippen LogP contribution >= 0.6 is 0 Å². The largest absolute Gasteiger partial charge is 0.380 e. The van der Waals surface area contributed by atoms with Crippen LogP contribution in [0.15, 0.2) is 30.6 Å². The Bertz CT molecular complexity index is 669. The van der Waals surface area contributed by atoms with E-state index in [1.54, 1.807) is 12.3 Å². The zero-order valence-electron chi connectivity index (χ0n) is 12.5. The second-order valence-electron chi connectivity index (χ2n) is 5.64. The minimum absolute atomic E-state index is 0.0554. The molecular formula is C16H19FN4O. The van der Waals surface area contributed by atoms with Crippen molar-refractivity contribution in [3.05, 3.63) is 42.0 Å². The summed E-state index contributed by atoms with van der Waals surface area (Å²) in [5.74, 6) is -0.396. The predicted molar refractivity (Wildman–Crippen MR) is 83.3 cm³/mol. The van der Waals surface area contributed by atoms with Crippen molar-refractivity contribution in [2.45, 2.75) is 38.8 Å². The van der Waals surface area contributed by atoms with Crippen LogP contribution in [0.4, 0.5) is 15.8 Å². The Labute approximate surface area is 128 Å². The van der Waals surface area contributed by atoms with Crippen LogP contribution in [-0.4, -0.2) is 21.7 Å². The van der Waals surface area contributed by atoms with Crippen molar-refractivity contribution >= 4 is 17.3 Å². The maximum absolute atomic E-state index is 14.1. The van der Waals surface area contributed by atoms with E-state index in [0.717, 1.165) is 18.5 Å². The number of fused-ring (bicyclic) bond motifs is 1. The normalized spacial score (nSPS) is 15.1. The molecule has 0 fully saturated rings. The first-order chi connectivity index (χ1) is 10.6. The summed E-state index contributed by atoms with van der Waals surface area (Å²) in [4.78, 5) is 11.3. The molecule has 1 atom stereocenters. The van der Waals surface area contributed by atoms with Crippen molar-refractivity contribution in [3.63, 3.8) is 0 Å². The van der Waals surface area contributed by atoms with Crippen LogP contribution in [0.5, 0.6) is 0 Å². The highest BCUT2D eigenvalue weighted by molar-refractivity contribution is 5.94. The molecular weight excluding hydrogens is 283 g/mol. The Hall–Kier alpha value is -2.37. The molecule has 2 N–H and O–H groups in total. The maximum atomic E-state index is 14.1. The third-order valence-electron chi connectivity index (χ3n) is 3.84. The Morgan fingerprint density at radius 3 is 3.09 bits per heavy atom. The number of hydrogen-bond acceptors (Lipinski definition) is 3. The van der Waals surface area contributed by atoms with Gasteiger partial charge in [-0.1, -0.05) is 0 Å². The summed E-state index contributed by atoms with van der Waals surface area (Å²) < 4.78 is 16.0. The van der Waals surface area contributed by atoms with Gasteiger partial charge in [-0.2, -0.15) is 5.10 Å². The quantitative estimate of drug-likeness (QED) is 0.893. The topological polar surface area (TPSA) is 59.0 Å². The number of aryl methyl sites for hydroxylation is 2. The van der Waals surface area contributed by atoms with Gasteiger partial charge in [0.25, 0.3) is 0 Å². The molecule has 0 bridgehead atoms. The molecule has 1 aliphatic heterocycles. The molecule has 0 saturated heterocycles. The third kappa shape index (κ3) is 3.27. The van der Waals surface area contributed by atoms with Crippen molar-refractivity contribution in [2.75, 3.05) is 10.6 Å². The fourth-order valence-corrected chi connectivity index (χ4v) is 2.61. The van der Waals surface area contributed by atoms with E-state index in [2.05, 4.69) is 15.7 Å². The molecule has 6 heteroatoms. The van der Waals surface area contributed by atoms with Gasteiger partial charge in [-0.25, -0.2) is 4.39 Å².